The maximum absolute atomic E-state index is 3.53. The van der Waals surface area contributed by atoms with Crippen LogP contribution in [-0.4, -0.2) is 38.1 Å². The lowest BCUT2D eigenvalue weighted by Crippen LogP contribution is -2.44. The molecule has 2 heteroatoms. The molecule has 0 radical (unpaired) electrons. The molecule has 0 spiro atoms. The lowest BCUT2D eigenvalue weighted by molar-refractivity contribution is 0.136. The van der Waals surface area contributed by atoms with Crippen molar-refractivity contribution in [1.29, 1.82) is 0 Å². The Labute approximate surface area is 107 Å². The molecule has 0 aromatic carbocycles. The van der Waals surface area contributed by atoms with E-state index in [1.807, 2.05) is 0 Å². The average molecular weight is 238 g/mol. The van der Waals surface area contributed by atoms with E-state index in [0.717, 1.165) is 23.8 Å². The van der Waals surface area contributed by atoms with E-state index in [9.17, 15) is 0 Å². The van der Waals surface area contributed by atoms with Crippen LogP contribution in [-0.2, 0) is 0 Å². The van der Waals surface area contributed by atoms with Crippen LogP contribution >= 0.6 is 0 Å². The molecule has 2 fully saturated rings. The number of rotatable bonds is 5. The SMILES string of the molecule is CNC1CCC(C)CC1CN(C)CC1CCC1. The molecule has 0 saturated heterocycles. The zero-order valence-corrected chi connectivity index (χ0v) is 11.9. The molecule has 3 unspecified atom stereocenters. The molecule has 2 saturated carbocycles. The molecule has 0 aromatic heterocycles. The molecular weight excluding hydrogens is 208 g/mol. The molecule has 0 amide bonds. The first kappa shape index (κ1) is 13.4. The van der Waals surface area contributed by atoms with E-state index >= 15 is 0 Å². The summed E-state index contributed by atoms with van der Waals surface area (Å²) in [4.78, 5) is 2.59. The van der Waals surface area contributed by atoms with Crippen LogP contribution in [0.3, 0.4) is 0 Å². The highest BCUT2D eigenvalue weighted by Crippen LogP contribution is 2.31. The van der Waals surface area contributed by atoms with Gasteiger partial charge in [0, 0.05) is 19.1 Å². The second kappa shape index (κ2) is 6.19. The Hall–Kier alpha value is -0.0800. The van der Waals surface area contributed by atoms with Crippen molar-refractivity contribution in [3.63, 3.8) is 0 Å². The van der Waals surface area contributed by atoms with Gasteiger partial charge in [0.1, 0.15) is 0 Å². The fourth-order valence-electron chi connectivity index (χ4n) is 3.67. The molecule has 2 rings (SSSR count). The van der Waals surface area contributed by atoms with Gasteiger partial charge in [0.05, 0.1) is 0 Å². The van der Waals surface area contributed by atoms with Gasteiger partial charge in [-0.15, -0.1) is 0 Å². The summed E-state index contributed by atoms with van der Waals surface area (Å²) in [7, 11) is 4.46. The Morgan fingerprint density at radius 3 is 2.47 bits per heavy atom. The first-order valence-electron chi connectivity index (χ1n) is 7.55. The summed E-state index contributed by atoms with van der Waals surface area (Å²) in [5.74, 6) is 2.81. The largest absolute Gasteiger partial charge is 0.317 e. The summed E-state index contributed by atoms with van der Waals surface area (Å²) in [6.07, 6.45) is 8.62. The second-order valence-corrected chi connectivity index (χ2v) is 6.59. The highest BCUT2D eigenvalue weighted by Gasteiger charge is 2.29. The molecule has 2 aliphatic rings. The van der Waals surface area contributed by atoms with Gasteiger partial charge in [0.2, 0.25) is 0 Å². The standard InChI is InChI=1S/C15H30N2/c1-12-7-8-15(16-2)14(9-12)11-17(3)10-13-5-4-6-13/h12-16H,4-11H2,1-3H3. The molecule has 0 aromatic rings. The summed E-state index contributed by atoms with van der Waals surface area (Å²) in [6.45, 7) is 5.05. The van der Waals surface area contributed by atoms with Crippen molar-refractivity contribution >= 4 is 0 Å². The maximum Gasteiger partial charge on any atom is 0.0105 e. The lowest BCUT2D eigenvalue weighted by atomic mass is 9.78. The quantitative estimate of drug-likeness (QED) is 0.792. The Balaban J connectivity index is 1.77. The molecule has 0 aliphatic heterocycles. The van der Waals surface area contributed by atoms with Crippen molar-refractivity contribution in [2.24, 2.45) is 17.8 Å². The third kappa shape index (κ3) is 3.69. The van der Waals surface area contributed by atoms with Crippen LogP contribution in [0.2, 0.25) is 0 Å². The fraction of sp³-hybridized carbons (Fsp3) is 1.00. The number of nitrogens with zero attached hydrogens (tertiary/aromatic N) is 1. The third-order valence-corrected chi connectivity index (χ3v) is 4.96. The summed E-state index contributed by atoms with van der Waals surface area (Å²) in [5, 5.41) is 3.53. The van der Waals surface area contributed by atoms with Crippen molar-refractivity contribution in [2.75, 3.05) is 27.2 Å². The minimum absolute atomic E-state index is 0.759. The van der Waals surface area contributed by atoms with Crippen LogP contribution in [0, 0.1) is 17.8 Å². The van der Waals surface area contributed by atoms with E-state index in [1.165, 1.54) is 51.6 Å². The fourth-order valence-corrected chi connectivity index (χ4v) is 3.67. The van der Waals surface area contributed by atoms with Gasteiger partial charge in [-0.25, -0.2) is 0 Å². The van der Waals surface area contributed by atoms with Gasteiger partial charge in [0.15, 0.2) is 0 Å². The first-order chi connectivity index (χ1) is 8.19. The molecule has 17 heavy (non-hydrogen) atoms. The van der Waals surface area contributed by atoms with Crippen molar-refractivity contribution < 1.29 is 0 Å². The van der Waals surface area contributed by atoms with Crippen LogP contribution in [0.5, 0.6) is 0 Å². The van der Waals surface area contributed by atoms with Crippen LogP contribution in [0.15, 0.2) is 0 Å². The Kier molecular flexibility index (Phi) is 4.87. The Bertz CT molecular complexity index is 225. The number of hydrogen-bond donors (Lipinski definition) is 1. The van der Waals surface area contributed by atoms with Crippen molar-refractivity contribution in [3.8, 4) is 0 Å². The normalized spacial score (nSPS) is 34.9. The summed E-state index contributed by atoms with van der Waals surface area (Å²) < 4.78 is 0. The number of nitrogens with one attached hydrogen (secondary N) is 1. The van der Waals surface area contributed by atoms with E-state index in [4.69, 9.17) is 0 Å². The molecule has 3 atom stereocenters. The summed E-state index contributed by atoms with van der Waals surface area (Å²) >= 11 is 0. The smallest absolute Gasteiger partial charge is 0.0105 e. The van der Waals surface area contributed by atoms with Gasteiger partial charge in [-0.05, 0) is 64.0 Å². The van der Waals surface area contributed by atoms with Gasteiger partial charge >= 0.3 is 0 Å². The maximum atomic E-state index is 3.53. The van der Waals surface area contributed by atoms with Gasteiger partial charge in [0.25, 0.3) is 0 Å². The monoisotopic (exact) mass is 238 g/mol. The van der Waals surface area contributed by atoms with Crippen molar-refractivity contribution in [2.45, 2.75) is 51.5 Å². The Morgan fingerprint density at radius 1 is 1.12 bits per heavy atom. The van der Waals surface area contributed by atoms with Gasteiger partial charge < -0.3 is 10.2 Å². The van der Waals surface area contributed by atoms with Crippen LogP contribution < -0.4 is 5.32 Å². The molecule has 2 nitrogen and oxygen atoms in total. The zero-order chi connectivity index (χ0) is 12.3. The Morgan fingerprint density at radius 2 is 1.88 bits per heavy atom. The number of hydrogen-bond acceptors (Lipinski definition) is 2. The molecular formula is C15H30N2. The predicted octanol–water partition coefficient (Wildman–Crippen LogP) is 2.74. The van der Waals surface area contributed by atoms with Crippen LogP contribution in [0.4, 0.5) is 0 Å². The molecule has 1 N–H and O–H groups in total. The topological polar surface area (TPSA) is 15.3 Å². The second-order valence-electron chi connectivity index (χ2n) is 6.59. The summed E-state index contributed by atoms with van der Waals surface area (Å²) in [6, 6.07) is 0.759. The molecule has 2 aliphatic carbocycles. The van der Waals surface area contributed by atoms with Crippen molar-refractivity contribution in [1.82, 2.24) is 10.2 Å². The highest BCUT2D eigenvalue weighted by atomic mass is 15.1. The third-order valence-electron chi connectivity index (χ3n) is 4.96. The minimum atomic E-state index is 0.759. The first-order valence-corrected chi connectivity index (χ1v) is 7.55. The highest BCUT2D eigenvalue weighted by molar-refractivity contribution is 4.85. The zero-order valence-electron chi connectivity index (χ0n) is 11.9. The van der Waals surface area contributed by atoms with E-state index in [-0.39, 0.29) is 0 Å². The van der Waals surface area contributed by atoms with Gasteiger partial charge in [-0.3, -0.25) is 0 Å². The van der Waals surface area contributed by atoms with Crippen LogP contribution in [0.25, 0.3) is 0 Å². The molecule has 100 valence electrons. The van der Waals surface area contributed by atoms with Crippen molar-refractivity contribution in [3.05, 3.63) is 0 Å². The van der Waals surface area contributed by atoms with E-state index in [1.54, 1.807) is 0 Å². The average Bonchev–Trinajstić information content (AvgIpc) is 2.24. The lowest BCUT2D eigenvalue weighted by Gasteiger charge is -2.38. The van der Waals surface area contributed by atoms with Gasteiger partial charge in [-0.2, -0.15) is 0 Å². The van der Waals surface area contributed by atoms with Gasteiger partial charge in [-0.1, -0.05) is 13.3 Å². The van der Waals surface area contributed by atoms with E-state index < -0.39 is 0 Å². The van der Waals surface area contributed by atoms with E-state index in [2.05, 4.69) is 31.2 Å². The van der Waals surface area contributed by atoms with E-state index in [0.29, 0.717) is 0 Å². The predicted molar refractivity (Wildman–Crippen MR) is 74.2 cm³/mol. The summed E-state index contributed by atoms with van der Waals surface area (Å²) in [5.41, 5.74) is 0. The molecule has 0 heterocycles. The van der Waals surface area contributed by atoms with Crippen LogP contribution in [0.1, 0.15) is 45.4 Å². The molecule has 0 bridgehead atoms. The minimum Gasteiger partial charge on any atom is -0.317 e.